The van der Waals surface area contributed by atoms with Crippen molar-refractivity contribution >= 4 is 68.7 Å². The summed E-state index contributed by atoms with van der Waals surface area (Å²) in [6.45, 7) is 3.63. The standard InChI is InChI=1S/C20H17Cl2N5OS2/c1-3-13-6-4-5-7-17(13)27(12(2)28)19-23-15(10-29-19)11-30-20-25-24-18-16(22)8-14(21)9-26(18)20/h4-10H,3,11H2,1-2H3. The molecule has 6 nitrogen and oxygen atoms in total. The maximum atomic E-state index is 12.4. The van der Waals surface area contributed by atoms with Crippen LogP contribution in [0.1, 0.15) is 25.1 Å². The van der Waals surface area contributed by atoms with E-state index in [-0.39, 0.29) is 5.91 Å². The summed E-state index contributed by atoms with van der Waals surface area (Å²) in [7, 11) is 0. The van der Waals surface area contributed by atoms with E-state index in [4.69, 9.17) is 28.2 Å². The van der Waals surface area contributed by atoms with Crippen molar-refractivity contribution in [3.63, 3.8) is 0 Å². The molecule has 0 saturated heterocycles. The first-order valence-electron chi connectivity index (χ1n) is 9.13. The van der Waals surface area contributed by atoms with Crippen molar-refractivity contribution < 1.29 is 4.79 Å². The number of halogens is 2. The van der Waals surface area contributed by atoms with Gasteiger partial charge in [-0.3, -0.25) is 14.1 Å². The lowest BCUT2D eigenvalue weighted by Crippen LogP contribution is -2.23. The fraction of sp³-hybridized carbons (Fsp3) is 0.200. The summed E-state index contributed by atoms with van der Waals surface area (Å²) in [6, 6.07) is 9.53. The van der Waals surface area contributed by atoms with Gasteiger partial charge in [0.2, 0.25) is 5.91 Å². The van der Waals surface area contributed by atoms with Gasteiger partial charge >= 0.3 is 0 Å². The van der Waals surface area contributed by atoms with Crippen LogP contribution in [0.5, 0.6) is 0 Å². The Kier molecular flexibility index (Phi) is 6.29. The smallest absolute Gasteiger partial charge is 0.230 e. The molecule has 4 rings (SSSR count). The number of benzene rings is 1. The zero-order valence-electron chi connectivity index (χ0n) is 16.2. The molecular formula is C20H17Cl2N5OS2. The van der Waals surface area contributed by atoms with Crippen LogP contribution in [-0.2, 0) is 17.0 Å². The number of rotatable bonds is 6. The summed E-state index contributed by atoms with van der Waals surface area (Å²) in [5.41, 5.74) is 3.38. The quantitative estimate of drug-likeness (QED) is 0.317. The summed E-state index contributed by atoms with van der Waals surface area (Å²) < 4.78 is 1.77. The molecule has 30 heavy (non-hydrogen) atoms. The molecule has 0 N–H and O–H groups in total. The minimum atomic E-state index is -0.0720. The van der Waals surface area contributed by atoms with Crippen LogP contribution in [0, 0.1) is 0 Å². The van der Waals surface area contributed by atoms with Gasteiger partial charge in [0, 0.05) is 24.3 Å². The van der Waals surface area contributed by atoms with E-state index in [9.17, 15) is 4.79 Å². The zero-order chi connectivity index (χ0) is 21.3. The van der Waals surface area contributed by atoms with Crippen LogP contribution in [0.15, 0.2) is 47.1 Å². The number of aryl methyl sites for hydroxylation is 1. The number of anilines is 2. The Morgan fingerprint density at radius 1 is 1.27 bits per heavy atom. The molecule has 10 heteroatoms. The molecule has 0 unspecified atom stereocenters. The normalized spacial score (nSPS) is 11.2. The summed E-state index contributed by atoms with van der Waals surface area (Å²) >= 11 is 15.2. The van der Waals surface area contributed by atoms with E-state index in [0.29, 0.717) is 31.7 Å². The van der Waals surface area contributed by atoms with Crippen molar-refractivity contribution in [3.05, 3.63) is 63.2 Å². The van der Waals surface area contributed by atoms with E-state index >= 15 is 0 Å². The van der Waals surface area contributed by atoms with Crippen molar-refractivity contribution in [2.45, 2.75) is 31.2 Å². The molecule has 0 bridgehead atoms. The molecule has 0 fully saturated rings. The van der Waals surface area contributed by atoms with Crippen molar-refractivity contribution in [3.8, 4) is 0 Å². The van der Waals surface area contributed by atoms with Crippen molar-refractivity contribution in [1.82, 2.24) is 19.6 Å². The number of hydrogen-bond acceptors (Lipinski definition) is 6. The molecular weight excluding hydrogens is 461 g/mol. The Hall–Kier alpha value is -2.13. The molecule has 0 aliphatic rings. The third kappa shape index (κ3) is 4.18. The van der Waals surface area contributed by atoms with Gasteiger partial charge in [0.15, 0.2) is 15.9 Å². The van der Waals surface area contributed by atoms with Crippen LogP contribution in [0.2, 0.25) is 10.0 Å². The number of pyridine rings is 1. The fourth-order valence-corrected chi connectivity index (χ4v) is 5.34. The minimum Gasteiger partial charge on any atom is -0.275 e. The fourth-order valence-electron chi connectivity index (χ4n) is 3.04. The Bertz CT molecular complexity index is 1220. The molecule has 0 atom stereocenters. The van der Waals surface area contributed by atoms with E-state index in [0.717, 1.165) is 23.4 Å². The molecule has 0 aliphatic carbocycles. The maximum absolute atomic E-state index is 12.4. The maximum Gasteiger partial charge on any atom is 0.230 e. The number of amides is 1. The largest absolute Gasteiger partial charge is 0.275 e. The molecule has 3 heterocycles. The number of nitrogens with zero attached hydrogens (tertiary/aromatic N) is 5. The lowest BCUT2D eigenvalue weighted by molar-refractivity contribution is -0.115. The van der Waals surface area contributed by atoms with E-state index in [1.807, 2.05) is 29.6 Å². The SMILES string of the molecule is CCc1ccccc1N(C(C)=O)c1nc(CSc2nnc3c(Cl)cc(Cl)cn23)cs1. The molecule has 3 aromatic heterocycles. The summed E-state index contributed by atoms with van der Waals surface area (Å²) in [5, 5.41) is 12.5. The summed E-state index contributed by atoms with van der Waals surface area (Å²) in [6.07, 6.45) is 2.57. The molecule has 1 aromatic carbocycles. The first-order chi connectivity index (χ1) is 14.5. The van der Waals surface area contributed by atoms with E-state index in [1.54, 1.807) is 28.5 Å². The Morgan fingerprint density at radius 3 is 2.83 bits per heavy atom. The van der Waals surface area contributed by atoms with Crippen LogP contribution in [0.3, 0.4) is 0 Å². The second-order valence-electron chi connectivity index (χ2n) is 6.43. The minimum absolute atomic E-state index is 0.0720. The lowest BCUT2D eigenvalue weighted by Gasteiger charge is -2.20. The Morgan fingerprint density at radius 2 is 2.07 bits per heavy atom. The highest BCUT2D eigenvalue weighted by Crippen LogP contribution is 2.33. The first kappa shape index (κ1) is 21.1. The van der Waals surface area contributed by atoms with E-state index < -0.39 is 0 Å². The highest BCUT2D eigenvalue weighted by atomic mass is 35.5. The number of aromatic nitrogens is 4. The first-order valence-corrected chi connectivity index (χ1v) is 11.8. The molecule has 4 aromatic rings. The second kappa shape index (κ2) is 8.93. The van der Waals surface area contributed by atoms with Gasteiger partial charge in [-0.25, -0.2) is 4.98 Å². The third-order valence-electron chi connectivity index (χ3n) is 4.40. The second-order valence-corrected chi connectivity index (χ2v) is 9.05. The molecule has 0 spiro atoms. The Balaban J connectivity index is 1.57. The van der Waals surface area contributed by atoms with E-state index in [2.05, 4.69) is 17.1 Å². The van der Waals surface area contributed by atoms with Gasteiger partial charge in [0.25, 0.3) is 0 Å². The number of carbonyl (C=O) groups excluding carboxylic acids is 1. The number of carbonyl (C=O) groups is 1. The topological polar surface area (TPSA) is 63.4 Å². The number of thioether (sulfide) groups is 1. The highest BCUT2D eigenvalue weighted by Gasteiger charge is 2.20. The molecule has 0 saturated carbocycles. The van der Waals surface area contributed by atoms with Gasteiger partial charge in [0.05, 0.1) is 21.4 Å². The molecule has 1 amide bonds. The van der Waals surface area contributed by atoms with E-state index in [1.165, 1.54) is 23.1 Å². The van der Waals surface area contributed by atoms with Crippen LogP contribution >= 0.6 is 46.3 Å². The predicted octanol–water partition coefficient (Wildman–Crippen LogP) is 6.03. The van der Waals surface area contributed by atoms with Gasteiger partial charge in [-0.1, -0.05) is 60.1 Å². The molecule has 0 radical (unpaired) electrons. The monoisotopic (exact) mass is 477 g/mol. The van der Waals surface area contributed by atoms with Gasteiger partial charge in [-0.2, -0.15) is 0 Å². The van der Waals surface area contributed by atoms with Crippen molar-refractivity contribution in [2.24, 2.45) is 0 Å². The molecule has 0 aliphatic heterocycles. The van der Waals surface area contributed by atoms with Gasteiger partial charge in [0.1, 0.15) is 0 Å². The summed E-state index contributed by atoms with van der Waals surface area (Å²) in [5.74, 6) is 0.500. The average molecular weight is 478 g/mol. The van der Waals surface area contributed by atoms with Crippen molar-refractivity contribution in [2.75, 3.05) is 4.90 Å². The number of para-hydroxylation sites is 1. The predicted molar refractivity (Wildman–Crippen MR) is 123 cm³/mol. The van der Waals surface area contributed by atoms with Crippen LogP contribution < -0.4 is 4.90 Å². The van der Waals surface area contributed by atoms with Crippen molar-refractivity contribution in [1.29, 1.82) is 0 Å². The van der Waals surface area contributed by atoms with Crippen LogP contribution in [0.4, 0.5) is 10.8 Å². The summed E-state index contributed by atoms with van der Waals surface area (Å²) in [4.78, 5) is 18.8. The number of fused-ring (bicyclic) bond motifs is 1. The number of hydrogen-bond donors (Lipinski definition) is 0. The van der Waals surface area contributed by atoms with Gasteiger partial charge in [-0.15, -0.1) is 21.5 Å². The zero-order valence-corrected chi connectivity index (χ0v) is 19.3. The van der Waals surface area contributed by atoms with Gasteiger partial charge in [-0.05, 0) is 24.1 Å². The lowest BCUT2D eigenvalue weighted by atomic mass is 10.1. The van der Waals surface area contributed by atoms with Crippen LogP contribution in [-0.4, -0.2) is 25.5 Å². The molecule has 154 valence electrons. The third-order valence-corrected chi connectivity index (χ3v) is 6.74. The Labute approximate surface area is 191 Å². The highest BCUT2D eigenvalue weighted by molar-refractivity contribution is 7.98. The number of thiazole rings is 1. The average Bonchev–Trinajstić information content (AvgIpc) is 3.34. The van der Waals surface area contributed by atoms with Crippen LogP contribution in [0.25, 0.3) is 5.65 Å². The van der Waals surface area contributed by atoms with Gasteiger partial charge < -0.3 is 0 Å².